The number of carboxylic acids is 1. The van der Waals surface area contributed by atoms with E-state index in [-0.39, 0.29) is 11.0 Å². The van der Waals surface area contributed by atoms with E-state index in [4.69, 9.17) is 9.84 Å². The largest absolute Gasteiger partial charge is 0.478 e. The zero-order valence-corrected chi connectivity index (χ0v) is 17.3. The summed E-state index contributed by atoms with van der Waals surface area (Å²) in [6.45, 7) is 8.57. The summed E-state index contributed by atoms with van der Waals surface area (Å²) in [5.74, 6) is 0.729. The van der Waals surface area contributed by atoms with E-state index in [0.29, 0.717) is 0 Å². The second-order valence-corrected chi connectivity index (χ2v) is 8.18. The maximum atomic E-state index is 11.0. The predicted molar refractivity (Wildman–Crippen MR) is 119 cm³/mol. The average molecular weight is 386 g/mol. The molecule has 0 atom stereocenters. The van der Waals surface area contributed by atoms with E-state index in [0.717, 1.165) is 28.2 Å². The molecular formula is C26H26O3. The van der Waals surface area contributed by atoms with E-state index in [9.17, 15) is 4.79 Å². The van der Waals surface area contributed by atoms with Gasteiger partial charge in [-0.05, 0) is 53.8 Å². The molecule has 0 heterocycles. The first-order valence-electron chi connectivity index (χ1n) is 9.63. The zero-order valence-electron chi connectivity index (χ0n) is 17.3. The quantitative estimate of drug-likeness (QED) is 0.482. The van der Waals surface area contributed by atoms with Gasteiger partial charge in [-0.1, -0.05) is 74.9 Å². The summed E-state index contributed by atoms with van der Waals surface area (Å²) >= 11 is 0. The maximum Gasteiger partial charge on any atom is 0.335 e. The van der Waals surface area contributed by atoms with Crippen LogP contribution in [-0.2, 0) is 5.41 Å². The Kier molecular flexibility index (Phi) is 5.88. The second-order valence-electron chi connectivity index (χ2n) is 8.18. The molecule has 0 aliphatic rings. The van der Waals surface area contributed by atoms with E-state index in [1.165, 1.54) is 5.56 Å². The Balaban J connectivity index is 1.89. The van der Waals surface area contributed by atoms with Crippen LogP contribution < -0.4 is 4.74 Å². The predicted octanol–water partition coefficient (Wildman–Crippen LogP) is 6.95. The van der Waals surface area contributed by atoms with Crippen LogP contribution in [0.1, 0.15) is 53.4 Å². The summed E-state index contributed by atoms with van der Waals surface area (Å²) < 4.78 is 6.23. The topological polar surface area (TPSA) is 46.5 Å². The Morgan fingerprint density at radius 3 is 2.03 bits per heavy atom. The van der Waals surface area contributed by atoms with Crippen LogP contribution in [-0.4, -0.2) is 11.1 Å². The minimum atomic E-state index is -0.920. The van der Waals surface area contributed by atoms with Crippen molar-refractivity contribution in [1.82, 2.24) is 0 Å². The standard InChI is InChI=1S/C26H26O3/c1-18-5-14-22(15-6-18)29-24-17-20(11-16-23(24)26(2,3)4)8-7-19-9-12-21(13-10-19)25(27)28/h5-17H,1-4H3,(H,27,28)/b8-7+. The molecule has 0 fully saturated rings. The second kappa shape index (κ2) is 8.36. The Morgan fingerprint density at radius 2 is 1.45 bits per heavy atom. The first-order valence-corrected chi connectivity index (χ1v) is 9.63. The highest BCUT2D eigenvalue weighted by Gasteiger charge is 2.19. The summed E-state index contributed by atoms with van der Waals surface area (Å²) in [6.07, 6.45) is 3.97. The van der Waals surface area contributed by atoms with Crippen molar-refractivity contribution >= 4 is 18.1 Å². The van der Waals surface area contributed by atoms with Crippen LogP contribution in [0.2, 0.25) is 0 Å². The van der Waals surface area contributed by atoms with Crippen LogP contribution in [0.3, 0.4) is 0 Å². The Morgan fingerprint density at radius 1 is 0.862 bits per heavy atom. The van der Waals surface area contributed by atoms with Gasteiger partial charge in [-0.2, -0.15) is 0 Å². The summed E-state index contributed by atoms with van der Waals surface area (Å²) in [5.41, 5.74) is 4.53. The number of carbonyl (C=O) groups is 1. The van der Waals surface area contributed by atoms with Crippen LogP contribution in [0.15, 0.2) is 66.7 Å². The molecule has 148 valence electrons. The van der Waals surface area contributed by atoms with Crippen LogP contribution in [0.4, 0.5) is 0 Å². The SMILES string of the molecule is Cc1ccc(Oc2cc(/C=C/c3ccc(C(=O)O)cc3)ccc2C(C)(C)C)cc1. The number of benzene rings is 3. The zero-order chi connectivity index (χ0) is 21.0. The molecule has 0 spiro atoms. The van der Waals surface area contributed by atoms with Crippen LogP contribution in [0.5, 0.6) is 11.5 Å². The van der Waals surface area contributed by atoms with Crippen molar-refractivity contribution in [2.75, 3.05) is 0 Å². The number of rotatable bonds is 5. The van der Waals surface area contributed by atoms with Gasteiger partial charge >= 0.3 is 5.97 Å². The number of aryl methyl sites for hydroxylation is 1. The Bertz CT molecular complexity index is 1020. The summed E-state index contributed by atoms with van der Waals surface area (Å²) in [5, 5.41) is 9.01. The van der Waals surface area contributed by atoms with Gasteiger partial charge in [0.2, 0.25) is 0 Å². The van der Waals surface area contributed by atoms with Gasteiger partial charge in [0, 0.05) is 5.56 Å². The van der Waals surface area contributed by atoms with Crippen molar-refractivity contribution in [2.45, 2.75) is 33.1 Å². The molecular weight excluding hydrogens is 360 g/mol. The maximum absolute atomic E-state index is 11.0. The van der Waals surface area contributed by atoms with Crippen molar-refractivity contribution < 1.29 is 14.6 Å². The van der Waals surface area contributed by atoms with Gasteiger partial charge in [0.1, 0.15) is 11.5 Å². The van der Waals surface area contributed by atoms with Gasteiger partial charge in [-0.3, -0.25) is 0 Å². The lowest BCUT2D eigenvalue weighted by atomic mass is 9.85. The molecule has 0 aliphatic heterocycles. The fourth-order valence-corrected chi connectivity index (χ4v) is 3.01. The molecule has 0 aliphatic carbocycles. The minimum absolute atomic E-state index is 0.0467. The summed E-state index contributed by atoms with van der Waals surface area (Å²) in [7, 11) is 0. The number of hydrogen-bond donors (Lipinski definition) is 1. The van der Waals surface area contributed by atoms with Gasteiger partial charge in [-0.15, -0.1) is 0 Å². The van der Waals surface area contributed by atoms with E-state index in [2.05, 4.69) is 39.8 Å². The molecule has 0 saturated carbocycles. The van der Waals surface area contributed by atoms with Crippen LogP contribution in [0.25, 0.3) is 12.2 Å². The molecule has 0 aromatic heterocycles. The highest BCUT2D eigenvalue weighted by molar-refractivity contribution is 5.88. The third-order valence-corrected chi connectivity index (χ3v) is 4.69. The Hall–Kier alpha value is -3.33. The fraction of sp³-hybridized carbons (Fsp3) is 0.192. The van der Waals surface area contributed by atoms with Crippen molar-refractivity contribution in [2.24, 2.45) is 0 Å². The molecule has 3 aromatic rings. The molecule has 0 saturated heterocycles. The molecule has 3 heteroatoms. The number of hydrogen-bond acceptors (Lipinski definition) is 2. The summed E-state index contributed by atoms with van der Waals surface area (Å²) in [6, 6.07) is 21.1. The molecule has 1 N–H and O–H groups in total. The normalized spacial score (nSPS) is 11.6. The lowest BCUT2D eigenvalue weighted by Crippen LogP contribution is -2.12. The van der Waals surface area contributed by atoms with Gasteiger partial charge in [0.15, 0.2) is 0 Å². The smallest absolute Gasteiger partial charge is 0.335 e. The molecule has 0 unspecified atom stereocenters. The monoisotopic (exact) mass is 386 g/mol. The molecule has 0 amide bonds. The van der Waals surface area contributed by atoms with Gasteiger partial charge in [0.05, 0.1) is 5.56 Å². The van der Waals surface area contributed by atoms with Gasteiger partial charge in [0.25, 0.3) is 0 Å². The molecule has 0 radical (unpaired) electrons. The fourth-order valence-electron chi connectivity index (χ4n) is 3.01. The van der Waals surface area contributed by atoms with Gasteiger partial charge in [-0.25, -0.2) is 4.79 Å². The number of aromatic carboxylic acids is 1. The van der Waals surface area contributed by atoms with E-state index < -0.39 is 5.97 Å². The molecule has 0 bridgehead atoms. The van der Waals surface area contributed by atoms with Gasteiger partial charge < -0.3 is 9.84 Å². The van der Waals surface area contributed by atoms with E-state index in [1.54, 1.807) is 24.3 Å². The third kappa shape index (κ3) is 5.35. The first-order chi connectivity index (χ1) is 13.7. The first kappa shape index (κ1) is 20.4. The van der Waals surface area contributed by atoms with E-state index in [1.807, 2.05) is 42.5 Å². The Labute approximate surface area is 172 Å². The van der Waals surface area contributed by atoms with E-state index >= 15 is 0 Å². The van der Waals surface area contributed by atoms with Crippen molar-refractivity contribution in [3.05, 3.63) is 94.5 Å². The lowest BCUT2D eigenvalue weighted by Gasteiger charge is -2.23. The lowest BCUT2D eigenvalue weighted by molar-refractivity contribution is 0.0697. The molecule has 3 rings (SSSR count). The molecule has 3 aromatic carbocycles. The van der Waals surface area contributed by atoms with Crippen molar-refractivity contribution in [3.8, 4) is 11.5 Å². The van der Waals surface area contributed by atoms with Crippen molar-refractivity contribution in [3.63, 3.8) is 0 Å². The molecule has 29 heavy (non-hydrogen) atoms. The number of ether oxygens (including phenoxy) is 1. The minimum Gasteiger partial charge on any atom is -0.478 e. The third-order valence-electron chi connectivity index (χ3n) is 4.69. The highest BCUT2D eigenvalue weighted by atomic mass is 16.5. The highest BCUT2D eigenvalue weighted by Crippen LogP contribution is 2.35. The number of carboxylic acid groups (broad SMARTS) is 1. The average Bonchev–Trinajstić information content (AvgIpc) is 2.68. The van der Waals surface area contributed by atoms with Crippen LogP contribution in [0, 0.1) is 6.92 Å². The molecule has 3 nitrogen and oxygen atoms in total. The summed E-state index contributed by atoms with van der Waals surface area (Å²) in [4.78, 5) is 11.0. The van der Waals surface area contributed by atoms with Crippen LogP contribution >= 0.6 is 0 Å². The van der Waals surface area contributed by atoms with Crippen molar-refractivity contribution in [1.29, 1.82) is 0 Å².